The number of hydrogen-bond acceptors (Lipinski definition) is 5. The summed E-state index contributed by atoms with van der Waals surface area (Å²) < 4.78 is 25.2. The third-order valence-electron chi connectivity index (χ3n) is 5.27. The van der Waals surface area contributed by atoms with Crippen molar-refractivity contribution < 1.29 is 23.5 Å². The van der Waals surface area contributed by atoms with Crippen LogP contribution in [0.1, 0.15) is 37.4 Å². The Bertz CT molecular complexity index is 1060. The number of amides is 3. The van der Waals surface area contributed by atoms with Crippen molar-refractivity contribution in [2.75, 3.05) is 27.8 Å². The van der Waals surface area contributed by atoms with Crippen LogP contribution < -0.4 is 14.8 Å². The molecule has 1 heterocycles. The molecule has 0 saturated carbocycles. The van der Waals surface area contributed by atoms with Crippen molar-refractivity contribution in [2.24, 2.45) is 5.10 Å². The van der Waals surface area contributed by atoms with Crippen LogP contribution in [0.5, 0.6) is 11.5 Å². The van der Waals surface area contributed by atoms with Crippen molar-refractivity contribution in [3.63, 3.8) is 0 Å². The van der Waals surface area contributed by atoms with Crippen LogP contribution in [0.15, 0.2) is 47.6 Å². The third-order valence-corrected chi connectivity index (χ3v) is 5.27. The van der Waals surface area contributed by atoms with Crippen molar-refractivity contribution >= 4 is 17.6 Å². The first-order valence-corrected chi connectivity index (χ1v) is 10.6. The van der Waals surface area contributed by atoms with Gasteiger partial charge in [0.2, 0.25) is 0 Å². The van der Waals surface area contributed by atoms with E-state index in [1.165, 1.54) is 23.1 Å². The zero-order chi connectivity index (χ0) is 24.1. The molecule has 2 aromatic carbocycles. The fourth-order valence-corrected chi connectivity index (χ4v) is 3.62. The lowest BCUT2D eigenvalue weighted by Gasteiger charge is -2.26. The predicted molar refractivity (Wildman–Crippen MR) is 123 cm³/mol. The Morgan fingerprint density at radius 2 is 1.88 bits per heavy atom. The molecule has 1 aliphatic rings. The lowest BCUT2D eigenvalue weighted by molar-refractivity contribution is -0.133. The van der Waals surface area contributed by atoms with Gasteiger partial charge in [0.25, 0.3) is 5.91 Å². The van der Waals surface area contributed by atoms with Gasteiger partial charge in [-0.25, -0.2) is 14.2 Å². The van der Waals surface area contributed by atoms with E-state index in [-0.39, 0.29) is 24.5 Å². The lowest BCUT2D eigenvalue weighted by atomic mass is 9.97. The molecule has 0 saturated heterocycles. The Hall–Kier alpha value is -3.62. The van der Waals surface area contributed by atoms with Gasteiger partial charge >= 0.3 is 6.03 Å². The number of halogens is 1. The number of benzene rings is 2. The molecule has 9 heteroatoms. The number of urea groups is 1. The molecule has 2 aromatic rings. The molecule has 0 radical (unpaired) electrons. The summed E-state index contributed by atoms with van der Waals surface area (Å²) in [6.07, 6.45) is 0.310. The average Bonchev–Trinajstić information content (AvgIpc) is 3.23. The number of nitrogens with zero attached hydrogens (tertiary/aromatic N) is 3. The maximum atomic E-state index is 14.5. The summed E-state index contributed by atoms with van der Waals surface area (Å²) in [5, 5.41) is 8.55. The highest BCUT2D eigenvalue weighted by atomic mass is 19.1. The first kappa shape index (κ1) is 24.0. The van der Waals surface area contributed by atoms with E-state index in [0.29, 0.717) is 29.2 Å². The van der Waals surface area contributed by atoms with Crippen molar-refractivity contribution in [2.45, 2.75) is 32.4 Å². The Morgan fingerprint density at radius 1 is 1.18 bits per heavy atom. The zero-order valence-electron chi connectivity index (χ0n) is 19.5. The predicted octanol–water partition coefficient (Wildman–Crippen LogP) is 3.57. The maximum Gasteiger partial charge on any atom is 0.317 e. The van der Waals surface area contributed by atoms with Gasteiger partial charge in [-0.2, -0.15) is 5.10 Å². The standard InChI is InChI=1S/C24H29FN4O4/c1-15(2)26-24(31)28(3)14-23(30)29-20(16-10-11-21(32-4)22(12-16)33-5)13-19(27-29)17-8-6-7-9-18(17)25/h6-12,15,20H,13-14H2,1-5H3,(H,26,31). The third kappa shape index (κ3) is 5.42. The highest BCUT2D eigenvalue weighted by molar-refractivity contribution is 6.03. The Morgan fingerprint density at radius 3 is 2.52 bits per heavy atom. The minimum Gasteiger partial charge on any atom is -0.493 e. The molecule has 1 N–H and O–H groups in total. The number of likely N-dealkylation sites (N-methyl/N-ethyl adjacent to an activating group) is 1. The Balaban J connectivity index is 1.93. The molecule has 33 heavy (non-hydrogen) atoms. The highest BCUT2D eigenvalue weighted by Gasteiger charge is 2.35. The topological polar surface area (TPSA) is 83.5 Å². The molecule has 1 atom stereocenters. The van der Waals surface area contributed by atoms with E-state index in [1.807, 2.05) is 19.9 Å². The van der Waals surface area contributed by atoms with Gasteiger partial charge in [-0.3, -0.25) is 4.79 Å². The summed E-state index contributed by atoms with van der Waals surface area (Å²) in [6.45, 7) is 3.49. The molecule has 3 rings (SSSR count). The molecule has 0 spiro atoms. The molecule has 1 unspecified atom stereocenters. The van der Waals surface area contributed by atoms with Crippen molar-refractivity contribution in [3.05, 3.63) is 59.4 Å². The molecule has 0 fully saturated rings. The molecule has 0 aromatic heterocycles. The second-order valence-electron chi connectivity index (χ2n) is 8.06. The summed E-state index contributed by atoms with van der Waals surface area (Å²) >= 11 is 0. The normalized spacial score (nSPS) is 15.3. The minimum atomic E-state index is -0.492. The quantitative estimate of drug-likeness (QED) is 0.691. The van der Waals surface area contributed by atoms with Crippen molar-refractivity contribution in [1.82, 2.24) is 15.2 Å². The molecular formula is C24H29FN4O4. The summed E-state index contributed by atoms with van der Waals surface area (Å²) in [7, 11) is 4.61. The molecular weight excluding hydrogens is 427 g/mol. The van der Waals surface area contributed by atoms with E-state index < -0.39 is 11.9 Å². The van der Waals surface area contributed by atoms with E-state index in [1.54, 1.807) is 44.5 Å². The fourth-order valence-electron chi connectivity index (χ4n) is 3.62. The molecule has 0 aliphatic carbocycles. The van der Waals surface area contributed by atoms with E-state index in [4.69, 9.17) is 9.47 Å². The van der Waals surface area contributed by atoms with Gasteiger partial charge in [-0.1, -0.05) is 24.3 Å². The smallest absolute Gasteiger partial charge is 0.317 e. The van der Waals surface area contributed by atoms with Crippen LogP contribution in [-0.2, 0) is 4.79 Å². The SMILES string of the molecule is COc1ccc(C2CC(c3ccccc3F)=NN2C(=O)CN(C)C(=O)NC(C)C)cc1OC. The number of carbonyl (C=O) groups is 2. The Labute approximate surface area is 193 Å². The number of hydrogen-bond donors (Lipinski definition) is 1. The van der Waals surface area contributed by atoms with E-state index in [0.717, 1.165) is 5.56 Å². The number of hydrazone groups is 1. The molecule has 0 bridgehead atoms. The van der Waals surface area contributed by atoms with E-state index >= 15 is 0 Å². The largest absolute Gasteiger partial charge is 0.493 e. The van der Waals surface area contributed by atoms with E-state index in [2.05, 4.69) is 10.4 Å². The fraction of sp³-hybridized carbons (Fsp3) is 0.375. The van der Waals surface area contributed by atoms with Crippen LogP contribution in [0.2, 0.25) is 0 Å². The second kappa shape index (κ2) is 10.3. The highest BCUT2D eigenvalue weighted by Crippen LogP contribution is 2.37. The number of carbonyl (C=O) groups excluding carboxylic acids is 2. The Kier molecular flexibility index (Phi) is 7.52. The van der Waals surface area contributed by atoms with Gasteiger partial charge in [0.1, 0.15) is 12.4 Å². The monoisotopic (exact) mass is 456 g/mol. The van der Waals surface area contributed by atoms with Crippen LogP contribution in [0.4, 0.5) is 9.18 Å². The summed E-state index contributed by atoms with van der Waals surface area (Å²) in [5.41, 5.74) is 1.55. The molecule has 8 nitrogen and oxygen atoms in total. The number of methoxy groups -OCH3 is 2. The van der Waals surface area contributed by atoms with Gasteiger partial charge in [-0.05, 0) is 37.6 Å². The zero-order valence-corrected chi connectivity index (χ0v) is 19.5. The summed E-state index contributed by atoms with van der Waals surface area (Å²) in [4.78, 5) is 26.8. The first-order valence-electron chi connectivity index (χ1n) is 10.6. The lowest BCUT2D eigenvalue weighted by Crippen LogP contribution is -2.45. The summed E-state index contributed by atoms with van der Waals surface area (Å²) in [6, 6.07) is 10.7. The summed E-state index contributed by atoms with van der Waals surface area (Å²) in [5.74, 6) is 0.264. The van der Waals surface area contributed by atoms with Crippen LogP contribution in [0, 0.1) is 5.82 Å². The maximum absolute atomic E-state index is 14.5. The first-order chi connectivity index (χ1) is 15.7. The average molecular weight is 457 g/mol. The van der Waals surface area contributed by atoms with Crippen molar-refractivity contribution in [1.29, 1.82) is 0 Å². The molecule has 1 aliphatic heterocycles. The molecule has 3 amide bonds. The van der Waals surface area contributed by atoms with Crippen LogP contribution in [0.3, 0.4) is 0 Å². The van der Waals surface area contributed by atoms with E-state index in [9.17, 15) is 14.0 Å². The number of rotatable bonds is 7. The minimum absolute atomic E-state index is 0.0629. The number of nitrogens with one attached hydrogen (secondary N) is 1. The second-order valence-corrected chi connectivity index (χ2v) is 8.06. The van der Waals surface area contributed by atoms with Crippen LogP contribution in [0.25, 0.3) is 0 Å². The number of ether oxygens (including phenoxy) is 2. The van der Waals surface area contributed by atoms with Crippen LogP contribution >= 0.6 is 0 Å². The van der Waals surface area contributed by atoms with Gasteiger partial charge in [0, 0.05) is 25.1 Å². The van der Waals surface area contributed by atoms with Gasteiger partial charge < -0.3 is 19.7 Å². The van der Waals surface area contributed by atoms with Crippen LogP contribution in [-0.4, -0.2) is 61.4 Å². The van der Waals surface area contributed by atoms with Gasteiger partial charge in [0.15, 0.2) is 11.5 Å². The van der Waals surface area contributed by atoms with Gasteiger partial charge in [-0.15, -0.1) is 0 Å². The van der Waals surface area contributed by atoms with Crippen molar-refractivity contribution in [3.8, 4) is 11.5 Å². The molecule has 176 valence electrons. The van der Waals surface area contributed by atoms with Gasteiger partial charge in [0.05, 0.1) is 26.0 Å².